The van der Waals surface area contributed by atoms with E-state index in [9.17, 15) is 0 Å². The Balaban J connectivity index is 0.000000156. The molecule has 0 heteroatoms. The first-order valence-electron chi connectivity index (χ1n) is 9.04. The highest BCUT2D eigenvalue weighted by molar-refractivity contribution is 5.83. The van der Waals surface area contributed by atoms with Gasteiger partial charge in [0.15, 0.2) is 0 Å². The van der Waals surface area contributed by atoms with E-state index in [1.165, 1.54) is 39.1 Å². The van der Waals surface area contributed by atoms with Crippen LogP contribution in [0.15, 0.2) is 84.9 Å². The minimum Gasteiger partial charge on any atom is -0.0656 e. The highest BCUT2D eigenvalue weighted by atomic mass is 14.0. The third kappa shape index (κ3) is 5.76. The minimum absolute atomic E-state index is 1.25. The molecular weight excluding hydrogens is 300 g/mol. The molecule has 0 aromatic heterocycles. The van der Waals surface area contributed by atoms with E-state index in [1.807, 2.05) is 0 Å². The molecular formula is C25H28. The molecule has 0 amide bonds. The lowest BCUT2D eigenvalue weighted by Crippen LogP contribution is -1.73. The molecule has 128 valence electrons. The van der Waals surface area contributed by atoms with Gasteiger partial charge in [-0.15, -0.1) is 0 Å². The Morgan fingerprint density at radius 2 is 0.800 bits per heavy atom. The minimum atomic E-state index is 1.25. The second kappa shape index (κ2) is 9.64. The maximum absolute atomic E-state index is 2.20. The van der Waals surface area contributed by atoms with E-state index >= 15 is 0 Å². The Bertz CT molecular complexity index is 842. The van der Waals surface area contributed by atoms with Crippen LogP contribution >= 0.6 is 0 Å². The molecule has 0 unspecified atom stereocenters. The largest absolute Gasteiger partial charge is 0.0656 e. The van der Waals surface area contributed by atoms with Crippen molar-refractivity contribution in [1.29, 1.82) is 0 Å². The zero-order chi connectivity index (χ0) is 18.1. The van der Waals surface area contributed by atoms with Crippen molar-refractivity contribution in [3.63, 3.8) is 0 Å². The standard InChI is InChI=1S/2C11H10.C3H8/c2*1-9-6-7-10-4-2-3-5-11(10)8-9;1-3-2/h2*2-8H,1H3;3H2,1-2H3. The van der Waals surface area contributed by atoms with Gasteiger partial charge in [-0.3, -0.25) is 0 Å². The lowest BCUT2D eigenvalue weighted by molar-refractivity contribution is 1.09. The maximum Gasteiger partial charge on any atom is -0.0181 e. The highest BCUT2D eigenvalue weighted by Crippen LogP contribution is 2.15. The number of aryl methyl sites for hydroxylation is 2. The topological polar surface area (TPSA) is 0 Å². The van der Waals surface area contributed by atoms with Crippen LogP contribution in [0.2, 0.25) is 0 Å². The molecule has 4 aromatic carbocycles. The Hall–Kier alpha value is -2.60. The molecule has 0 N–H and O–H groups in total. The molecule has 0 aliphatic carbocycles. The van der Waals surface area contributed by atoms with Crippen molar-refractivity contribution in [3.8, 4) is 0 Å². The molecule has 0 spiro atoms. The molecule has 4 rings (SSSR count). The van der Waals surface area contributed by atoms with Crippen LogP contribution in [0, 0.1) is 13.8 Å². The zero-order valence-corrected chi connectivity index (χ0v) is 15.8. The van der Waals surface area contributed by atoms with Crippen LogP contribution in [-0.4, -0.2) is 0 Å². The summed E-state index contributed by atoms with van der Waals surface area (Å²) in [6, 6.07) is 29.8. The highest BCUT2D eigenvalue weighted by Gasteiger charge is 1.90. The maximum atomic E-state index is 2.20. The van der Waals surface area contributed by atoms with Gasteiger partial charge in [-0.2, -0.15) is 0 Å². The summed E-state index contributed by atoms with van der Waals surface area (Å²) >= 11 is 0. The molecule has 0 aliphatic rings. The van der Waals surface area contributed by atoms with E-state index in [0.717, 1.165) is 0 Å². The van der Waals surface area contributed by atoms with Gasteiger partial charge in [-0.05, 0) is 35.4 Å². The van der Waals surface area contributed by atoms with Crippen LogP contribution in [0.3, 0.4) is 0 Å². The van der Waals surface area contributed by atoms with E-state index in [1.54, 1.807) is 0 Å². The lowest BCUT2D eigenvalue weighted by Gasteiger charge is -1.96. The Labute approximate surface area is 152 Å². The average molecular weight is 328 g/mol. The van der Waals surface area contributed by atoms with Crippen LogP contribution in [0.25, 0.3) is 21.5 Å². The average Bonchev–Trinajstić information content (AvgIpc) is 2.63. The molecule has 0 saturated heterocycles. The van der Waals surface area contributed by atoms with Crippen molar-refractivity contribution in [2.24, 2.45) is 0 Å². The zero-order valence-electron chi connectivity index (χ0n) is 15.8. The summed E-state index contributed by atoms with van der Waals surface area (Å²) in [5.41, 5.74) is 2.65. The monoisotopic (exact) mass is 328 g/mol. The Kier molecular flexibility index (Phi) is 7.22. The molecule has 0 heterocycles. The normalized spacial score (nSPS) is 9.76. The SMILES string of the molecule is CCC.Cc1ccc2ccccc2c1.Cc1ccc2ccccc2c1. The fraction of sp³-hybridized carbons (Fsp3) is 0.200. The van der Waals surface area contributed by atoms with E-state index in [0.29, 0.717) is 0 Å². The summed E-state index contributed by atoms with van der Waals surface area (Å²) in [6.07, 6.45) is 1.25. The number of rotatable bonds is 0. The van der Waals surface area contributed by atoms with E-state index in [2.05, 4.69) is 113 Å². The predicted molar refractivity (Wildman–Crippen MR) is 113 cm³/mol. The second-order valence-electron chi connectivity index (χ2n) is 6.41. The van der Waals surface area contributed by atoms with Crippen molar-refractivity contribution in [1.82, 2.24) is 0 Å². The van der Waals surface area contributed by atoms with E-state index in [4.69, 9.17) is 0 Å². The lowest BCUT2D eigenvalue weighted by atomic mass is 10.1. The summed E-state index contributed by atoms with van der Waals surface area (Å²) in [7, 11) is 0. The third-order valence-electron chi connectivity index (χ3n) is 3.81. The summed E-state index contributed by atoms with van der Waals surface area (Å²) in [4.78, 5) is 0. The van der Waals surface area contributed by atoms with Gasteiger partial charge in [-0.25, -0.2) is 0 Å². The summed E-state index contributed by atoms with van der Waals surface area (Å²) in [5, 5.41) is 5.29. The van der Waals surface area contributed by atoms with Gasteiger partial charge >= 0.3 is 0 Å². The van der Waals surface area contributed by atoms with E-state index < -0.39 is 0 Å². The summed E-state index contributed by atoms with van der Waals surface area (Å²) in [6.45, 7) is 8.48. The fourth-order valence-corrected chi connectivity index (χ4v) is 2.62. The van der Waals surface area contributed by atoms with Crippen LogP contribution < -0.4 is 0 Å². The van der Waals surface area contributed by atoms with Crippen molar-refractivity contribution < 1.29 is 0 Å². The first-order chi connectivity index (χ1) is 12.1. The molecule has 0 aliphatic heterocycles. The van der Waals surface area contributed by atoms with Crippen molar-refractivity contribution in [3.05, 3.63) is 96.1 Å². The van der Waals surface area contributed by atoms with Crippen LogP contribution in [-0.2, 0) is 0 Å². The number of benzene rings is 4. The van der Waals surface area contributed by atoms with Crippen molar-refractivity contribution >= 4 is 21.5 Å². The molecule has 0 nitrogen and oxygen atoms in total. The van der Waals surface area contributed by atoms with E-state index in [-0.39, 0.29) is 0 Å². The van der Waals surface area contributed by atoms with Gasteiger partial charge in [-0.1, -0.05) is 116 Å². The van der Waals surface area contributed by atoms with Crippen molar-refractivity contribution in [2.45, 2.75) is 34.1 Å². The van der Waals surface area contributed by atoms with Crippen LogP contribution in [0.4, 0.5) is 0 Å². The molecule has 0 bridgehead atoms. The van der Waals surface area contributed by atoms with Gasteiger partial charge in [0.1, 0.15) is 0 Å². The molecule has 0 fully saturated rings. The molecule has 0 saturated carbocycles. The van der Waals surface area contributed by atoms with Gasteiger partial charge < -0.3 is 0 Å². The smallest absolute Gasteiger partial charge is 0.0181 e. The van der Waals surface area contributed by atoms with Gasteiger partial charge in [0.05, 0.1) is 0 Å². The predicted octanol–water partition coefficient (Wildman–Crippen LogP) is 7.71. The quantitative estimate of drug-likeness (QED) is 0.310. The first-order valence-corrected chi connectivity index (χ1v) is 9.04. The molecule has 25 heavy (non-hydrogen) atoms. The van der Waals surface area contributed by atoms with Gasteiger partial charge in [0, 0.05) is 0 Å². The first kappa shape index (κ1) is 18.7. The number of hydrogen-bond donors (Lipinski definition) is 0. The Morgan fingerprint density at radius 1 is 0.480 bits per heavy atom. The van der Waals surface area contributed by atoms with Gasteiger partial charge in [0.25, 0.3) is 0 Å². The van der Waals surface area contributed by atoms with Gasteiger partial charge in [0.2, 0.25) is 0 Å². The molecule has 0 radical (unpaired) electrons. The number of fused-ring (bicyclic) bond motifs is 2. The van der Waals surface area contributed by atoms with Crippen LogP contribution in [0.1, 0.15) is 31.4 Å². The summed E-state index contributed by atoms with van der Waals surface area (Å²) in [5.74, 6) is 0. The van der Waals surface area contributed by atoms with Crippen molar-refractivity contribution in [2.75, 3.05) is 0 Å². The molecule has 4 aromatic rings. The second-order valence-corrected chi connectivity index (χ2v) is 6.41. The molecule has 0 atom stereocenters. The number of hydrogen-bond acceptors (Lipinski definition) is 0. The summed E-state index contributed by atoms with van der Waals surface area (Å²) < 4.78 is 0. The fourth-order valence-electron chi connectivity index (χ4n) is 2.62. The van der Waals surface area contributed by atoms with Crippen LogP contribution in [0.5, 0.6) is 0 Å². The third-order valence-corrected chi connectivity index (χ3v) is 3.81. The Morgan fingerprint density at radius 3 is 1.16 bits per heavy atom.